The lowest BCUT2D eigenvalue weighted by Gasteiger charge is -2.04. The van der Waals surface area contributed by atoms with Gasteiger partial charge < -0.3 is 10.1 Å². The second-order valence-corrected chi connectivity index (χ2v) is 5.14. The molecular formula is C18H17NO2. The molecule has 0 atom stereocenters. The van der Waals surface area contributed by atoms with Crippen LogP contribution < -0.4 is 0 Å². The first-order valence-electron chi connectivity index (χ1n) is 7.12. The van der Waals surface area contributed by atoms with Crippen LogP contribution in [-0.4, -0.2) is 16.1 Å². The minimum Gasteiger partial charge on any atom is -0.481 e. The van der Waals surface area contributed by atoms with Crippen LogP contribution in [0.4, 0.5) is 0 Å². The number of carboxylic acids is 1. The molecule has 0 radical (unpaired) electrons. The molecule has 21 heavy (non-hydrogen) atoms. The van der Waals surface area contributed by atoms with E-state index in [2.05, 4.69) is 29.2 Å². The second kappa shape index (κ2) is 5.83. The average molecular weight is 279 g/mol. The van der Waals surface area contributed by atoms with Crippen LogP contribution >= 0.6 is 0 Å². The Bertz CT molecular complexity index is 759. The van der Waals surface area contributed by atoms with Gasteiger partial charge in [-0.2, -0.15) is 0 Å². The van der Waals surface area contributed by atoms with E-state index in [4.69, 9.17) is 5.11 Å². The van der Waals surface area contributed by atoms with Crippen LogP contribution in [-0.2, 0) is 11.2 Å². The summed E-state index contributed by atoms with van der Waals surface area (Å²) in [5, 5.41) is 10.0. The third-order valence-electron chi connectivity index (χ3n) is 3.69. The normalized spacial score (nSPS) is 10.9. The summed E-state index contributed by atoms with van der Waals surface area (Å²) in [6.07, 6.45) is 1.62. The number of benzene rings is 2. The summed E-state index contributed by atoms with van der Waals surface area (Å²) in [6, 6.07) is 18.4. The molecule has 0 fully saturated rings. The largest absolute Gasteiger partial charge is 0.481 e. The van der Waals surface area contributed by atoms with Crippen molar-refractivity contribution in [3.05, 3.63) is 60.2 Å². The van der Waals surface area contributed by atoms with Crippen molar-refractivity contribution in [1.82, 2.24) is 4.98 Å². The van der Waals surface area contributed by atoms with E-state index < -0.39 is 5.97 Å². The summed E-state index contributed by atoms with van der Waals surface area (Å²) in [5.74, 6) is -0.740. The number of para-hydroxylation sites is 1. The Morgan fingerprint density at radius 2 is 1.71 bits per heavy atom. The van der Waals surface area contributed by atoms with Gasteiger partial charge in [-0.15, -0.1) is 0 Å². The predicted molar refractivity (Wildman–Crippen MR) is 84.3 cm³/mol. The smallest absolute Gasteiger partial charge is 0.303 e. The fourth-order valence-corrected chi connectivity index (χ4v) is 2.73. The van der Waals surface area contributed by atoms with Crippen molar-refractivity contribution in [1.29, 1.82) is 0 Å². The van der Waals surface area contributed by atoms with Crippen molar-refractivity contribution >= 4 is 16.9 Å². The number of carboxylic acid groups (broad SMARTS) is 1. The van der Waals surface area contributed by atoms with E-state index in [1.807, 2.05) is 30.3 Å². The van der Waals surface area contributed by atoms with Crippen molar-refractivity contribution < 1.29 is 9.90 Å². The number of rotatable bonds is 5. The van der Waals surface area contributed by atoms with E-state index >= 15 is 0 Å². The summed E-state index contributed by atoms with van der Waals surface area (Å²) in [4.78, 5) is 14.2. The van der Waals surface area contributed by atoms with E-state index in [0.29, 0.717) is 6.42 Å². The highest BCUT2D eigenvalue weighted by Crippen LogP contribution is 2.31. The summed E-state index contributed by atoms with van der Waals surface area (Å²) in [7, 11) is 0. The van der Waals surface area contributed by atoms with Gasteiger partial charge in [-0.3, -0.25) is 4.79 Å². The highest BCUT2D eigenvalue weighted by Gasteiger charge is 2.12. The monoisotopic (exact) mass is 279 g/mol. The molecule has 3 heteroatoms. The number of hydrogen-bond donors (Lipinski definition) is 2. The zero-order valence-electron chi connectivity index (χ0n) is 11.7. The number of hydrogen-bond acceptors (Lipinski definition) is 1. The van der Waals surface area contributed by atoms with Gasteiger partial charge in [-0.25, -0.2) is 0 Å². The van der Waals surface area contributed by atoms with Gasteiger partial charge in [-0.05, 0) is 30.0 Å². The molecule has 1 heterocycles. The molecule has 3 rings (SSSR count). The first-order chi connectivity index (χ1) is 10.3. The van der Waals surface area contributed by atoms with E-state index in [0.717, 1.165) is 23.2 Å². The van der Waals surface area contributed by atoms with Crippen LogP contribution in [0.25, 0.3) is 22.2 Å². The minimum absolute atomic E-state index is 0.202. The molecule has 0 unspecified atom stereocenters. The maximum atomic E-state index is 10.7. The quantitative estimate of drug-likeness (QED) is 0.734. The minimum atomic E-state index is -0.740. The fraction of sp³-hybridized carbons (Fsp3) is 0.167. The van der Waals surface area contributed by atoms with Crippen molar-refractivity contribution in [2.24, 2.45) is 0 Å². The molecule has 3 aromatic rings. The van der Waals surface area contributed by atoms with Crippen molar-refractivity contribution in [2.45, 2.75) is 19.3 Å². The van der Waals surface area contributed by atoms with Crippen molar-refractivity contribution in [3.63, 3.8) is 0 Å². The van der Waals surface area contributed by atoms with E-state index in [1.54, 1.807) is 0 Å². The van der Waals surface area contributed by atoms with Gasteiger partial charge in [-0.1, -0.05) is 48.5 Å². The topological polar surface area (TPSA) is 53.1 Å². The van der Waals surface area contributed by atoms with Gasteiger partial charge in [0.25, 0.3) is 0 Å². The first kappa shape index (κ1) is 13.4. The maximum absolute atomic E-state index is 10.7. The number of fused-ring (bicyclic) bond motifs is 1. The summed E-state index contributed by atoms with van der Waals surface area (Å²) in [6.45, 7) is 0. The maximum Gasteiger partial charge on any atom is 0.303 e. The molecule has 0 bridgehead atoms. The van der Waals surface area contributed by atoms with Crippen molar-refractivity contribution in [2.75, 3.05) is 0 Å². The summed E-state index contributed by atoms with van der Waals surface area (Å²) in [5.41, 5.74) is 4.54. The number of aromatic nitrogens is 1. The van der Waals surface area contributed by atoms with Crippen LogP contribution in [0.15, 0.2) is 54.6 Å². The Morgan fingerprint density at radius 1 is 1.00 bits per heavy atom. The molecule has 0 saturated heterocycles. The molecular weight excluding hydrogens is 262 g/mol. The van der Waals surface area contributed by atoms with E-state index in [1.165, 1.54) is 10.9 Å². The van der Waals surface area contributed by atoms with Gasteiger partial charge >= 0.3 is 5.97 Å². The summed E-state index contributed by atoms with van der Waals surface area (Å²) >= 11 is 0. The van der Waals surface area contributed by atoms with Gasteiger partial charge in [0.2, 0.25) is 0 Å². The zero-order valence-corrected chi connectivity index (χ0v) is 11.7. The molecule has 106 valence electrons. The number of carbonyl (C=O) groups is 1. The number of aryl methyl sites for hydroxylation is 1. The number of nitrogens with one attached hydrogen (secondary N) is 1. The Balaban J connectivity index is 2.04. The lowest BCUT2D eigenvalue weighted by molar-refractivity contribution is -0.137. The molecule has 0 saturated carbocycles. The molecule has 0 aliphatic rings. The Hall–Kier alpha value is -2.55. The van der Waals surface area contributed by atoms with Crippen molar-refractivity contribution in [3.8, 4) is 11.3 Å². The highest BCUT2D eigenvalue weighted by atomic mass is 16.4. The lowest BCUT2D eigenvalue weighted by atomic mass is 10.0. The van der Waals surface area contributed by atoms with E-state index in [9.17, 15) is 4.79 Å². The molecule has 2 N–H and O–H groups in total. The zero-order chi connectivity index (χ0) is 14.7. The molecule has 2 aromatic carbocycles. The lowest BCUT2D eigenvalue weighted by Crippen LogP contribution is -1.96. The SMILES string of the molecule is O=C(O)CCCc1c(-c2ccccc2)[nH]c2ccccc12. The fourth-order valence-electron chi connectivity index (χ4n) is 2.73. The number of aromatic amines is 1. The number of aliphatic carboxylic acids is 1. The molecule has 1 aromatic heterocycles. The highest BCUT2D eigenvalue weighted by molar-refractivity contribution is 5.90. The molecule has 0 spiro atoms. The predicted octanol–water partition coefficient (Wildman–Crippen LogP) is 4.24. The van der Waals surface area contributed by atoms with Crippen LogP contribution in [0.1, 0.15) is 18.4 Å². The Kier molecular flexibility index (Phi) is 3.73. The van der Waals surface area contributed by atoms with Gasteiger partial charge in [0.1, 0.15) is 0 Å². The molecule has 0 aliphatic carbocycles. The second-order valence-electron chi connectivity index (χ2n) is 5.14. The first-order valence-corrected chi connectivity index (χ1v) is 7.12. The van der Waals surface area contributed by atoms with Gasteiger partial charge in [0.05, 0.1) is 0 Å². The van der Waals surface area contributed by atoms with Gasteiger partial charge in [0, 0.05) is 23.0 Å². The molecule has 3 nitrogen and oxygen atoms in total. The molecule has 0 amide bonds. The average Bonchev–Trinajstić information content (AvgIpc) is 2.87. The van der Waals surface area contributed by atoms with E-state index in [-0.39, 0.29) is 6.42 Å². The van der Waals surface area contributed by atoms with Crippen LogP contribution in [0.2, 0.25) is 0 Å². The van der Waals surface area contributed by atoms with Crippen LogP contribution in [0.5, 0.6) is 0 Å². The summed E-state index contributed by atoms with van der Waals surface area (Å²) < 4.78 is 0. The van der Waals surface area contributed by atoms with Crippen LogP contribution in [0.3, 0.4) is 0 Å². The molecule has 0 aliphatic heterocycles. The Morgan fingerprint density at radius 3 is 2.48 bits per heavy atom. The standard InChI is InChI=1S/C18H17NO2/c20-17(21)12-6-10-15-14-9-4-5-11-16(14)19-18(15)13-7-2-1-3-8-13/h1-5,7-9,11,19H,6,10,12H2,(H,20,21). The third kappa shape index (κ3) is 2.82. The Labute approximate surface area is 123 Å². The third-order valence-corrected chi connectivity index (χ3v) is 3.69. The van der Waals surface area contributed by atoms with Gasteiger partial charge in [0.15, 0.2) is 0 Å². The van der Waals surface area contributed by atoms with Crippen LogP contribution in [0, 0.1) is 0 Å². The number of H-pyrrole nitrogens is 1.